The van der Waals surface area contributed by atoms with Gasteiger partial charge >= 0.3 is 5.63 Å². The quantitative estimate of drug-likeness (QED) is 0.603. The molecule has 0 unspecified atom stereocenters. The van der Waals surface area contributed by atoms with Gasteiger partial charge in [-0.15, -0.1) is 0 Å². The van der Waals surface area contributed by atoms with Gasteiger partial charge < -0.3 is 13.9 Å². The molecule has 0 amide bonds. The lowest BCUT2D eigenvalue weighted by atomic mass is 10.1. The van der Waals surface area contributed by atoms with Crippen LogP contribution < -0.4 is 5.63 Å². The van der Waals surface area contributed by atoms with Gasteiger partial charge in [-0.1, -0.05) is 0 Å². The zero-order chi connectivity index (χ0) is 12.2. The van der Waals surface area contributed by atoms with Crippen LogP contribution in [-0.2, 0) is 0 Å². The Balaban J connectivity index is 2.71. The zero-order valence-corrected chi connectivity index (χ0v) is 9.40. The fourth-order valence-corrected chi connectivity index (χ4v) is 2.10. The Labute approximate surface area is 96.1 Å². The Bertz CT molecular complexity index is 792. The molecule has 0 aliphatic carbocycles. The molecule has 0 saturated carbocycles. The number of hydrogen-bond donors (Lipinski definition) is 1. The molecular weight excluding hydrogens is 220 g/mol. The van der Waals surface area contributed by atoms with Crippen LogP contribution in [0.3, 0.4) is 0 Å². The molecule has 3 aromatic rings. The number of aryl methyl sites for hydroxylation is 2. The van der Waals surface area contributed by atoms with E-state index in [4.69, 9.17) is 8.83 Å². The maximum Gasteiger partial charge on any atom is 0.336 e. The summed E-state index contributed by atoms with van der Waals surface area (Å²) >= 11 is 0. The van der Waals surface area contributed by atoms with Crippen LogP contribution in [0.1, 0.15) is 11.1 Å². The molecule has 0 saturated heterocycles. The molecule has 1 N–H and O–H groups in total. The van der Waals surface area contributed by atoms with Gasteiger partial charge in [0, 0.05) is 11.5 Å². The summed E-state index contributed by atoms with van der Waals surface area (Å²) in [6, 6.07) is 2.96. The van der Waals surface area contributed by atoms with E-state index >= 15 is 0 Å². The molecule has 0 fully saturated rings. The molecule has 0 aliphatic heterocycles. The second kappa shape index (κ2) is 3.13. The van der Waals surface area contributed by atoms with E-state index in [1.54, 1.807) is 13.0 Å². The van der Waals surface area contributed by atoms with Gasteiger partial charge in [-0.2, -0.15) is 0 Å². The number of furan rings is 1. The third kappa shape index (κ3) is 1.27. The molecule has 0 spiro atoms. The normalized spacial score (nSPS) is 11.4. The summed E-state index contributed by atoms with van der Waals surface area (Å²) in [4.78, 5) is 11.4. The minimum atomic E-state index is -0.400. The van der Waals surface area contributed by atoms with E-state index in [0.717, 1.165) is 16.5 Å². The number of rotatable bonds is 0. The van der Waals surface area contributed by atoms with E-state index in [2.05, 4.69) is 0 Å². The lowest BCUT2D eigenvalue weighted by Crippen LogP contribution is -1.98. The van der Waals surface area contributed by atoms with Crippen LogP contribution in [0.25, 0.3) is 21.9 Å². The summed E-state index contributed by atoms with van der Waals surface area (Å²) in [6.07, 6.45) is 1.53. The van der Waals surface area contributed by atoms with Gasteiger partial charge in [0.2, 0.25) is 0 Å². The monoisotopic (exact) mass is 230 g/mol. The average molecular weight is 230 g/mol. The summed E-state index contributed by atoms with van der Waals surface area (Å²) in [5.74, 6) is 0.0533. The van der Waals surface area contributed by atoms with E-state index in [-0.39, 0.29) is 5.75 Å². The van der Waals surface area contributed by atoms with Crippen molar-refractivity contribution in [3.8, 4) is 5.75 Å². The van der Waals surface area contributed by atoms with Crippen molar-refractivity contribution in [3.63, 3.8) is 0 Å². The summed E-state index contributed by atoms with van der Waals surface area (Å²) < 4.78 is 10.5. The van der Waals surface area contributed by atoms with E-state index in [9.17, 15) is 9.90 Å². The fourth-order valence-electron chi connectivity index (χ4n) is 2.10. The summed E-state index contributed by atoms with van der Waals surface area (Å²) in [5.41, 5.74) is 2.02. The second-order valence-corrected chi connectivity index (χ2v) is 4.14. The highest BCUT2D eigenvalue weighted by Crippen LogP contribution is 2.36. The maximum absolute atomic E-state index is 11.4. The predicted molar refractivity (Wildman–Crippen MR) is 63.4 cm³/mol. The minimum Gasteiger partial charge on any atom is -0.504 e. The molecule has 2 aromatic heterocycles. The van der Waals surface area contributed by atoms with Gasteiger partial charge in [0.25, 0.3) is 0 Å². The van der Waals surface area contributed by atoms with Gasteiger partial charge in [-0.3, -0.25) is 0 Å². The van der Waals surface area contributed by atoms with E-state index in [0.29, 0.717) is 16.6 Å². The molecule has 0 bridgehead atoms. The highest BCUT2D eigenvalue weighted by atomic mass is 16.4. The van der Waals surface area contributed by atoms with E-state index in [1.165, 1.54) is 12.3 Å². The number of benzene rings is 1. The molecule has 0 aliphatic rings. The predicted octanol–water partition coefficient (Wildman–Crippen LogP) is 2.86. The third-order valence-electron chi connectivity index (χ3n) is 2.92. The molecule has 4 nitrogen and oxygen atoms in total. The number of fused-ring (bicyclic) bond motifs is 3. The maximum atomic E-state index is 11.4. The van der Waals surface area contributed by atoms with Gasteiger partial charge in [-0.05, 0) is 31.0 Å². The first kappa shape index (κ1) is 9.96. The molecule has 17 heavy (non-hydrogen) atoms. The second-order valence-electron chi connectivity index (χ2n) is 4.14. The van der Waals surface area contributed by atoms with Crippen molar-refractivity contribution >= 4 is 21.9 Å². The Kier molecular flexibility index (Phi) is 1.84. The fraction of sp³-hybridized carbons (Fsp3) is 0.154. The van der Waals surface area contributed by atoms with Crippen LogP contribution in [0, 0.1) is 13.8 Å². The topological polar surface area (TPSA) is 63.6 Å². The highest BCUT2D eigenvalue weighted by Gasteiger charge is 2.15. The Morgan fingerprint density at radius 1 is 1.12 bits per heavy atom. The van der Waals surface area contributed by atoms with Crippen LogP contribution in [0.2, 0.25) is 0 Å². The molecule has 3 rings (SSSR count). The van der Waals surface area contributed by atoms with Crippen molar-refractivity contribution in [1.29, 1.82) is 0 Å². The third-order valence-corrected chi connectivity index (χ3v) is 2.92. The highest BCUT2D eigenvalue weighted by molar-refractivity contribution is 6.07. The summed E-state index contributed by atoms with van der Waals surface area (Å²) in [5, 5.41) is 11.2. The van der Waals surface area contributed by atoms with Crippen LogP contribution >= 0.6 is 0 Å². The average Bonchev–Trinajstić information content (AvgIpc) is 2.64. The molecule has 1 aromatic carbocycles. The lowest BCUT2D eigenvalue weighted by molar-refractivity contribution is 0.465. The van der Waals surface area contributed by atoms with E-state index in [1.807, 2.05) is 6.92 Å². The van der Waals surface area contributed by atoms with Crippen molar-refractivity contribution < 1.29 is 13.9 Å². The molecule has 4 heteroatoms. The molecule has 0 radical (unpaired) electrons. The van der Waals surface area contributed by atoms with Gasteiger partial charge in [-0.25, -0.2) is 4.79 Å². The van der Waals surface area contributed by atoms with Crippen LogP contribution in [0.5, 0.6) is 5.75 Å². The summed E-state index contributed by atoms with van der Waals surface area (Å²) in [6.45, 7) is 3.65. The Morgan fingerprint density at radius 2 is 1.88 bits per heavy atom. The number of hydrogen-bond acceptors (Lipinski definition) is 4. The van der Waals surface area contributed by atoms with Crippen molar-refractivity contribution in [2.75, 3.05) is 0 Å². The van der Waals surface area contributed by atoms with Crippen molar-refractivity contribution in [2.45, 2.75) is 13.8 Å². The first-order valence-electron chi connectivity index (χ1n) is 5.22. The van der Waals surface area contributed by atoms with Crippen LogP contribution in [-0.4, -0.2) is 5.11 Å². The molecule has 0 atom stereocenters. The minimum absolute atomic E-state index is 0.0533. The smallest absolute Gasteiger partial charge is 0.336 e. The van der Waals surface area contributed by atoms with Gasteiger partial charge in [0.15, 0.2) is 11.3 Å². The Morgan fingerprint density at radius 3 is 2.65 bits per heavy atom. The van der Waals surface area contributed by atoms with Crippen LogP contribution in [0.4, 0.5) is 0 Å². The van der Waals surface area contributed by atoms with Crippen LogP contribution in [0.15, 0.2) is 32.0 Å². The van der Waals surface area contributed by atoms with Crippen molar-refractivity contribution in [1.82, 2.24) is 0 Å². The Hall–Kier alpha value is -2.23. The van der Waals surface area contributed by atoms with Crippen molar-refractivity contribution in [3.05, 3.63) is 39.9 Å². The number of phenolic OH excluding ortho intramolecular Hbond substituents is 1. The molecule has 86 valence electrons. The first-order valence-corrected chi connectivity index (χ1v) is 5.22. The number of aromatic hydroxyl groups is 1. The lowest BCUT2D eigenvalue weighted by Gasteiger charge is -2.03. The molecular formula is C13H10O4. The summed E-state index contributed by atoms with van der Waals surface area (Å²) in [7, 11) is 0. The molecule has 2 heterocycles. The van der Waals surface area contributed by atoms with E-state index < -0.39 is 5.63 Å². The van der Waals surface area contributed by atoms with Gasteiger partial charge in [0.1, 0.15) is 5.58 Å². The SMILES string of the molecule is Cc1cc(=O)oc2c1cc(O)c1occ(C)c12. The zero-order valence-electron chi connectivity index (χ0n) is 9.40. The van der Waals surface area contributed by atoms with Crippen molar-refractivity contribution in [2.24, 2.45) is 0 Å². The van der Waals surface area contributed by atoms with Gasteiger partial charge in [0.05, 0.1) is 11.6 Å². The first-order chi connectivity index (χ1) is 8.08. The largest absolute Gasteiger partial charge is 0.504 e. The standard InChI is InChI=1S/C13H10O4/c1-6-3-10(15)17-12-8(6)4-9(14)13-11(12)7(2)5-16-13/h3-5,14H,1-2H3. The number of phenols is 1.